The van der Waals surface area contributed by atoms with E-state index in [-0.39, 0.29) is 0 Å². The lowest BCUT2D eigenvalue weighted by molar-refractivity contribution is 0.545. The summed E-state index contributed by atoms with van der Waals surface area (Å²) in [5.41, 5.74) is 2.16. The number of pyridine rings is 1. The van der Waals surface area contributed by atoms with Crippen molar-refractivity contribution >= 4 is 11.2 Å². The quantitative estimate of drug-likeness (QED) is 0.726. The lowest BCUT2D eigenvalue weighted by Crippen LogP contribution is -2.12. The molecule has 0 amide bonds. The van der Waals surface area contributed by atoms with Crippen LogP contribution in [0.2, 0.25) is 0 Å². The highest BCUT2D eigenvalue weighted by atomic mass is 16.4. The van der Waals surface area contributed by atoms with Crippen LogP contribution in [0.1, 0.15) is 24.4 Å². The molecule has 1 unspecified atom stereocenters. The Balaban J connectivity index is 2.08. The Morgan fingerprint density at radius 1 is 1.53 bits per heavy atom. The SMILES string of the molecule is O=c1[nH]c2cc(C3CCCN3)cnc2o1. The van der Waals surface area contributed by atoms with Gasteiger partial charge in [0.2, 0.25) is 5.71 Å². The molecule has 0 radical (unpaired) electrons. The minimum Gasteiger partial charge on any atom is -0.389 e. The van der Waals surface area contributed by atoms with Crippen molar-refractivity contribution in [3.8, 4) is 0 Å². The summed E-state index contributed by atoms with van der Waals surface area (Å²) >= 11 is 0. The molecule has 1 aliphatic rings. The van der Waals surface area contributed by atoms with Gasteiger partial charge in [0.25, 0.3) is 0 Å². The molecule has 0 aliphatic carbocycles. The number of fused-ring (bicyclic) bond motifs is 1. The van der Waals surface area contributed by atoms with Gasteiger partial charge in [-0.2, -0.15) is 0 Å². The highest BCUT2D eigenvalue weighted by molar-refractivity contribution is 5.67. The monoisotopic (exact) mass is 205 g/mol. The summed E-state index contributed by atoms with van der Waals surface area (Å²) in [5.74, 6) is -0.450. The topological polar surface area (TPSA) is 70.9 Å². The van der Waals surface area contributed by atoms with E-state index in [4.69, 9.17) is 4.42 Å². The van der Waals surface area contributed by atoms with Crippen molar-refractivity contribution in [1.29, 1.82) is 0 Å². The van der Waals surface area contributed by atoms with E-state index in [0.29, 0.717) is 17.3 Å². The van der Waals surface area contributed by atoms with Crippen LogP contribution in [-0.2, 0) is 0 Å². The summed E-state index contributed by atoms with van der Waals surface area (Å²) in [7, 11) is 0. The molecule has 3 heterocycles. The molecule has 15 heavy (non-hydrogen) atoms. The average molecular weight is 205 g/mol. The summed E-state index contributed by atoms with van der Waals surface area (Å²) in [5, 5.41) is 3.38. The number of nitrogens with zero attached hydrogens (tertiary/aromatic N) is 1. The molecule has 1 saturated heterocycles. The van der Waals surface area contributed by atoms with Crippen molar-refractivity contribution in [3.05, 3.63) is 28.4 Å². The van der Waals surface area contributed by atoms with E-state index in [0.717, 1.165) is 18.5 Å². The molecule has 0 saturated carbocycles. The van der Waals surface area contributed by atoms with Crippen LogP contribution in [-0.4, -0.2) is 16.5 Å². The van der Waals surface area contributed by atoms with Gasteiger partial charge in [-0.05, 0) is 31.0 Å². The zero-order valence-electron chi connectivity index (χ0n) is 8.12. The number of aromatic nitrogens is 2. The largest absolute Gasteiger partial charge is 0.418 e. The van der Waals surface area contributed by atoms with Gasteiger partial charge in [0, 0.05) is 12.2 Å². The first kappa shape index (κ1) is 8.67. The first-order valence-corrected chi connectivity index (χ1v) is 5.05. The number of hydrogen-bond acceptors (Lipinski definition) is 4. The first-order valence-electron chi connectivity index (χ1n) is 5.05. The molecular weight excluding hydrogens is 194 g/mol. The van der Waals surface area contributed by atoms with E-state index in [1.165, 1.54) is 6.42 Å². The zero-order valence-corrected chi connectivity index (χ0v) is 8.12. The van der Waals surface area contributed by atoms with Crippen molar-refractivity contribution in [2.45, 2.75) is 18.9 Å². The standard InChI is InChI=1S/C10H11N3O2/c14-10-13-8-4-6(5-12-9(8)15-10)7-2-1-3-11-7/h4-5,7,11H,1-3H2,(H,13,14). The summed E-state index contributed by atoms with van der Waals surface area (Å²) in [6, 6.07) is 2.29. The van der Waals surface area contributed by atoms with E-state index in [2.05, 4.69) is 15.3 Å². The number of H-pyrrole nitrogens is 1. The zero-order chi connectivity index (χ0) is 10.3. The number of aromatic amines is 1. The molecule has 0 bridgehead atoms. The van der Waals surface area contributed by atoms with Crippen LogP contribution in [0.15, 0.2) is 21.5 Å². The predicted molar refractivity (Wildman–Crippen MR) is 54.6 cm³/mol. The van der Waals surface area contributed by atoms with Gasteiger partial charge in [-0.3, -0.25) is 4.98 Å². The van der Waals surface area contributed by atoms with Crippen LogP contribution in [0.25, 0.3) is 11.2 Å². The van der Waals surface area contributed by atoms with Crippen molar-refractivity contribution in [1.82, 2.24) is 15.3 Å². The number of hydrogen-bond donors (Lipinski definition) is 2. The fraction of sp³-hybridized carbons (Fsp3) is 0.400. The first-order chi connectivity index (χ1) is 7.33. The van der Waals surface area contributed by atoms with E-state index in [1.54, 1.807) is 6.20 Å². The lowest BCUT2D eigenvalue weighted by atomic mass is 10.1. The third-order valence-corrected chi connectivity index (χ3v) is 2.76. The fourth-order valence-corrected chi connectivity index (χ4v) is 2.02. The van der Waals surface area contributed by atoms with Crippen molar-refractivity contribution < 1.29 is 4.42 Å². The number of nitrogens with one attached hydrogen (secondary N) is 2. The summed E-state index contributed by atoms with van der Waals surface area (Å²) in [6.07, 6.45) is 4.07. The third-order valence-electron chi connectivity index (χ3n) is 2.76. The number of oxazole rings is 1. The maximum absolute atomic E-state index is 10.9. The van der Waals surface area contributed by atoms with Crippen molar-refractivity contribution in [3.63, 3.8) is 0 Å². The Morgan fingerprint density at radius 3 is 3.27 bits per heavy atom. The molecular formula is C10H11N3O2. The molecule has 78 valence electrons. The molecule has 0 spiro atoms. The summed E-state index contributed by atoms with van der Waals surface area (Å²) in [4.78, 5) is 17.7. The molecule has 1 atom stereocenters. The van der Waals surface area contributed by atoms with Crippen LogP contribution in [0.5, 0.6) is 0 Å². The molecule has 1 aliphatic heterocycles. The molecule has 5 heteroatoms. The maximum Gasteiger partial charge on any atom is 0.418 e. The highest BCUT2D eigenvalue weighted by Crippen LogP contribution is 2.23. The van der Waals surface area contributed by atoms with Gasteiger partial charge in [0.05, 0.1) is 0 Å². The molecule has 3 rings (SSSR count). The van der Waals surface area contributed by atoms with E-state index >= 15 is 0 Å². The van der Waals surface area contributed by atoms with Gasteiger partial charge in [0.15, 0.2) is 0 Å². The fourth-order valence-electron chi connectivity index (χ4n) is 2.02. The molecule has 5 nitrogen and oxygen atoms in total. The number of rotatable bonds is 1. The minimum absolute atomic E-state index is 0.361. The van der Waals surface area contributed by atoms with Gasteiger partial charge >= 0.3 is 5.76 Å². The van der Waals surface area contributed by atoms with Crippen molar-refractivity contribution in [2.75, 3.05) is 6.54 Å². The van der Waals surface area contributed by atoms with Crippen LogP contribution >= 0.6 is 0 Å². The average Bonchev–Trinajstić information content (AvgIpc) is 2.82. The molecule has 0 aromatic carbocycles. The second kappa shape index (κ2) is 3.20. The van der Waals surface area contributed by atoms with E-state index < -0.39 is 5.76 Å². The second-order valence-electron chi connectivity index (χ2n) is 3.78. The second-order valence-corrected chi connectivity index (χ2v) is 3.78. The molecule has 2 aromatic rings. The Labute approximate surface area is 85.5 Å². The third kappa shape index (κ3) is 1.45. The Kier molecular flexibility index (Phi) is 1.85. The predicted octanol–water partition coefficient (Wildman–Crippen LogP) is 0.941. The molecule has 2 N–H and O–H groups in total. The molecule has 2 aromatic heterocycles. The maximum atomic E-state index is 10.9. The molecule has 1 fully saturated rings. The van der Waals surface area contributed by atoms with Gasteiger partial charge in [0.1, 0.15) is 5.52 Å². The van der Waals surface area contributed by atoms with Crippen molar-refractivity contribution in [2.24, 2.45) is 0 Å². The summed E-state index contributed by atoms with van der Waals surface area (Å²) in [6.45, 7) is 1.05. The Hall–Kier alpha value is -1.62. The summed E-state index contributed by atoms with van der Waals surface area (Å²) < 4.78 is 4.84. The highest BCUT2D eigenvalue weighted by Gasteiger charge is 2.17. The van der Waals surface area contributed by atoms with Crippen LogP contribution < -0.4 is 11.1 Å². The van der Waals surface area contributed by atoms with Crippen LogP contribution in [0.3, 0.4) is 0 Å². The van der Waals surface area contributed by atoms with Gasteiger partial charge in [-0.15, -0.1) is 0 Å². The normalized spacial score (nSPS) is 21.2. The van der Waals surface area contributed by atoms with Gasteiger partial charge < -0.3 is 9.73 Å². The lowest BCUT2D eigenvalue weighted by Gasteiger charge is -2.08. The van der Waals surface area contributed by atoms with E-state index in [9.17, 15) is 4.79 Å². The minimum atomic E-state index is -0.450. The van der Waals surface area contributed by atoms with E-state index in [1.807, 2.05) is 6.07 Å². The Bertz CT molecular complexity index is 537. The van der Waals surface area contributed by atoms with Gasteiger partial charge in [-0.25, -0.2) is 9.78 Å². The Morgan fingerprint density at radius 2 is 2.47 bits per heavy atom. The van der Waals surface area contributed by atoms with Crippen LogP contribution in [0.4, 0.5) is 0 Å². The van der Waals surface area contributed by atoms with Gasteiger partial charge in [-0.1, -0.05) is 0 Å². The van der Waals surface area contributed by atoms with Crippen LogP contribution in [0, 0.1) is 0 Å². The smallest absolute Gasteiger partial charge is 0.389 e.